The van der Waals surface area contributed by atoms with Crippen LogP contribution in [0.5, 0.6) is 0 Å². The quantitative estimate of drug-likeness (QED) is 0.745. The van der Waals surface area contributed by atoms with Crippen LogP contribution >= 0.6 is 0 Å². The molecule has 1 aromatic carbocycles. The summed E-state index contributed by atoms with van der Waals surface area (Å²) in [5.41, 5.74) is 2.24. The van der Waals surface area contributed by atoms with E-state index in [0.29, 0.717) is 21.9 Å². The molecule has 0 amide bonds. The molecular formula is C15H15N3O2S. The van der Waals surface area contributed by atoms with E-state index in [1.807, 2.05) is 19.2 Å². The topological polar surface area (TPSA) is 64.3 Å². The Bertz CT molecular complexity index is 914. The third-order valence-corrected chi connectivity index (χ3v) is 5.10. The zero-order valence-electron chi connectivity index (χ0n) is 11.8. The second-order valence-electron chi connectivity index (χ2n) is 4.86. The molecule has 108 valence electrons. The van der Waals surface area contributed by atoms with Crippen molar-refractivity contribution in [1.29, 1.82) is 0 Å². The van der Waals surface area contributed by atoms with Gasteiger partial charge in [0.2, 0.25) is 5.78 Å². The smallest absolute Gasteiger partial charge is 0.234 e. The number of aromatic nitrogens is 3. The molecule has 0 spiro atoms. The first kappa shape index (κ1) is 13.8. The van der Waals surface area contributed by atoms with Crippen molar-refractivity contribution < 1.29 is 8.42 Å². The molecule has 0 saturated heterocycles. The van der Waals surface area contributed by atoms with Crippen LogP contribution in [-0.2, 0) is 9.84 Å². The molecule has 2 aromatic heterocycles. The molecule has 3 rings (SSSR count). The van der Waals surface area contributed by atoms with Gasteiger partial charge in [-0.2, -0.15) is 0 Å². The van der Waals surface area contributed by atoms with Crippen LogP contribution < -0.4 is 0 Å². The van der Waals surface area contributed by atoms with Crippen molar-refractivity contribution in [3.8, 4) is 11.3 Å². The van der Waals surface area contributed by atoms with Gasteiger partial charge in [-0.15, -0.1) is 0 Å². The first-order chi connectivity index (χ1) is 10.0. The molecule has 0 saturated carbocycles. The fourth-order valence-electron chi connectivity index (χ4n) is 2.22. The summed E-state index contributed by atoms with van der Waals surface area (Å²) in [4.78, 5) is 8.97. The summed E-state index contributed by atoms with van der Waals surface area (Å²) in [7, 11) is -3.29. The Kier molecular flexibility index (Phi) is 3.25. The number of aryl methyl sites for hydroxylation is 1. The van der Waals surface area contributed by atoms with Gasteiger partial charge in [0, 0.05) is 24.2 Å². The molecule has 0 unspecified atom stereocenters. The Balaban J connectivity index is 2.24. The summed E-state index contributed by atoms with van der Waals surface area (Å²) in [6.07, 6.45) is 5.45. The molecule has 0 aliphatic heterocycles. The average Bonchev–Trinajstić information content (AvgIpc) is 2.90. The Labute approximate surface area is 123 Å². The normalized spacial score (nSPS) is 11.9. The number of hydrogen-bond acceptors (Lipinski definition) is 4. The number of hydrogen-bond donors (Lipinski definition) is 0. The van der Waals surface area contributed by atoms with Gasteiger partial charge >= 0.3 is 0 Å². The molecule has 2 heterocycles. The van der Waals surface area contributed by atoms with Crippen molar-refractivity contribution in [3.63, 3.8) is 0 Å². The van der Waals surface area contributed by atoms with Crippen LogP contribution in [0.25, 0.3) is 17.0 Å². The van der Waals surface area contributed by atoms with Crippen LogP contribution in [0.2, 0.25) is 0 Å². The van der Waals surface area contributed by atoms with Gasteiger partial charge in [-0.05, 0) is 18.6 Å². The Morgan fingerprint density at radius 1 is 1.19 bits per heavy atom. The van der Waals surface area contributed by atoms with Gasteiger partial charge in [0.05, 0.1) is 16.3 Å². The lowest BCUT2D eigenvalue weighted by molar-refractivity contribution is 0.597. The maximum absolute atomic E-state index is 12.2. The zero-order chi connectivity index (χ0) is 15.0. The first-order valence-corrected chi connectivity index (χ1v) is 8.30. The van der Waals surface area contributed by atoms with Gasteiger partial charge in [0.25, 0.3) is 0 Å². The van der Waals surface area contributed by atoms with E-state index in [2.05, 4.69) is 9.97 Å². The van der Waals surface area contributed by atoms with Gasteiger partial charge in [0.15, 0.2) is 9.84 Å². The van der Waals surface area contributed by atoms with Crippen LogP contribution in [0.3, 0.4) is 0 Å². The molecular weight excluding hydrogens is 286 g/mol. The van der Waals surface area contributed by atoms with E-state index in [4.69, 9.17) is 0 Å². The third-order valence-electron chi connectivity index (χ3n) is 3.32. The minimum absolute atomic E-state index is 0.0642. The second-order valence-corrected chi connectivity index (χ2v) is 7.11. The minimum atomic E-state index is -3.29. The highest BCUT2D eigenvalue weighted by Gasteiger charge is 2.18. The van der Waals surface area contributed by atoms with E-state index < -0.39 is 9.84 Å². The largest absolute Gasteiger partial charge is 0.290 e. The molecule has 0 bridgehead atoms. The van der Waals surface area contributed by atoms with Gasteiger partial charge in [-0.1, -0.05) is 25.1 Å². The molecule has 0 atom stereocenters. The highest BCUT2D eigenvalue weighted by molar-refractivity contribution is 7.91. The maximum atomic E-state index is 12.2. The van der Waals surface area contributed by atoms with Crippen LogP contribution in [-0.4, -0.2) is 28.5 Å². The van der Waals surface area contributed by atoms with Crippen LogP contribution in [0, 0.1) is 6.92 Å². The first-order valence-electron chi connectivity index (χ1n) is 6.65. The zero-order valence-corrected chi connectivity index (χ0v) is 12.6. The van der Waals surface area contributed by atoms with Gasteiger partial charge in [-0.3, -0.25) is 4.40 Å². The van der Waals surface area contributed by atoms with Crippen molar-refractivity contribution in [2.24, 2.45) is 0 Å². The van der Waals surface area contributed by atoms with Crippen molar-refractivity contribution in [2.75, 3.05) is 5.75 Å². The molecule has 0 aliphatic carbocycles. The van der Waals surface area contributed by atoms with Crippen LogP contribution in [0.1, 0.15) is 12.5 Å². The van der Waals surface area contributed by atoms with Gasteiger partial charge in [-0.25, -0.2) is 18.4 Å². The summed E-state index contributed by atoms with van der Waals surface area (Å²) in [5, 5.41) is 0. The second kappa shape index (κ2) is 4.96. The van der Waals surface area contributed by atoms with Crippen LogP contribution in [0.15, 0.2) is 47.8 Å². The molecule has 21 heavy (non-hydrogen) atoms. The molecule has 0 fully saturated rings. The number of rotatable bonds is 3. The highest BCUT2D eigenvalue weighted by atomic mass is 32.2. The Hall–Kier alpha value is -2.21. The summed E-state index contributed by atoms with van der Waals surface area (Å²) in [5.74, 6) is 0.619. The number of nitrogens with zero attached hydrogens (tertiary/aromatic N) is 3. The predicted octanol–water partition coefficient (Wildman–Crippen LogP) is 2.50. The number of fused-ring (bicyclic) bond motifs is 1. The molecule has 0 aliphatic rings. The van der Waals surface area contributed by atoms with E-state index in [1.165, 1.54) is 0 Å². The molecule has 0 radical (unpaired) electrons. The maximum Gasteiger partial charge on any atom is 0.234 e. The molecule has 5 nitrogen and oxygen atoms in total. The lowest BCUT2D eigenvalue weighted by Crippen LogP contribution is -2.05. The van der Waals surface area contributed by atoms with E-state index in [-0.39, 0.29) is 5.75 Å². The van der Waals surface area contributed by atoms with E-state index >= 15 is 0 Å². The number of benzene rings is 1. The average molecular weight is 301 g/mol. The molecule has 6 heteroatoms. The number of sulfone groups is 1. The summed E-state index contributed by atoms with van der Waals surface area (Å²) < 4.78 is 26.2. The van der Waals surface area contributed by atoms with Gasteiger partial charge in [0.1, 0.15) is 0 Å². The van der Waals surface area contributed by atoms with E-state index in [0.717, 1.165) is 5.56 Å². The Morgan fingerprint density at radius 3 is 2.71 bits per heavy atom. The minimum Gasteiger partial charge on any atom is -0.290 e. The standard InChI is InChI=1S/C15H15N3O2S/c1-3-21(19,20)14-7-5-4-6-12(14)13-10-18-9-11(2)8-16-15(18)17-13/h4-10H,3H2,1-2H3. The summed E-state index contributed by atoms with van der Waals surface area (Å²) in [6, 6.07) is 6.94. The van der Waals surface area contributed by atoms with Crippen molar-refractivity contribution in [1.82, 2.24) is 14.4 Å². The lowest BCUT2D eigenvalue weighted by atomic mass is 10.2. The third kappa shape index (κ3) is 2.42. The molecule has 0 N–H and O–H groups in total. The van der Waals surface area contributed by atoms with Crippen molar-refractivity contribution in [2.45, 2.75) is 18.7 Å². The Morgan fingerprint density at radius 2 is 1.95 bits per heavy atom. The molecule has 3 aromatic rings. The monoisotopic (exact) mass is 301 g/mol. The summed E-state index contributed by atoms with van der Waals surface area (Å²) in [6.45, 7) is 3.59. The number of imidazole rings is 1. The van der Waals surface area contributed by atoms with Crippen molar-refractivity contribution >= 4 is 15.6 Å². The van der Waals surface area contributed by atoms with Crippen LogP contribution in [0.4, 0.5) is 0 Å². The predicted molar refractivity (Wildman–Crippen MR) is 80.9 cm³/mol. The van der Waals surface area contributed by atoms with E-state index in [1.54, 1.807) is 41.9 Å². The SMILES string of the molecule is CCS(=O)(=O)c1ccccc1-c1cn2cc(C)cnc2n1. The highest BCUT2D eigenvalue weighted by Crippen LogP contribution is 2.27. The summed E-state index contributed by atoms with van der Waals surface area (Å²) >= 11 is 0. The van der Waals surface area contributed by atoms with Gasteiger partial charge < -0.3 is 0 Å². The lowest BCUT2D eigenvalue weighted by Gasteiger charge is -2.06. The fraction of sp³-hybridized carbons (Fsp3) is 0.200. The van der Waals surface area contributed by atoms with Crippen molar-refractivity contribution in [3.05, 3.63) is 48.4 Å². The fourth-order valence-corrected chi connectivity index (χ4v) is 3.33. The van der Waals surface area contributed by atoms with E-state index in [9.17, 15) is 8.42 Å².